The third-order valence-electron chi connectivity index (χ3n) is 3.51. The summed E-state index contributed by atoms with van der Waals surface area (Å²) < 4.78 is 5.93. The normalized spacial score (nSPS) is 11.3. The van der Waals surface area contributed by atoms with E-state index in [-0.39, 0.29) is 0 Å². The minimum Gasteiger partial charge on any atom is -0.439 e. The topological polar surface area (TPSA) is 50.6 Å². The fraction of sp³-hybridized carbons (Fsp3) is 0.421. The highest BCUT2D eigenvalue weighted by atomic mass is 35.5. The lowest BCUT2D eigenvalue weighted by atomic mass is 10.2. The smallest absolute Gasteiger partial charge is 0.223 e. The van der Waals surface area contributed by atoms with Gasteiger partial charge in [0.2, 0.25) is 5.88 Å². The van der Waals surface area contributed by atoms with Crippen LogP contribution < -0.4 is 4.74 Å². The predicted molar refractivity (Wildman–Crippen MR) is 110 cm³/mol. The molecule has 0 aliphatic rings. The Balaban J connectivity index is 2.16. The molecule has 0 N–H and O–H groups in total. The zero-order valence-corrected chi connectivity index (χ0v) is 17.4. The fourth-order valence-corrected chi connectivity index (χ4v) is 2.88. The molecular weight excluding hydrogens is 368 g/mol. The lowest BCUT2D eigenvalue weighted by molar-refractivity contribution is 0.452. The molecule has 0 aliphatic carbocycles. The minimum absolute atomic E-state index is 0.507. The monoisotopic (exact) mass is 392 g/mol. The van der Waals surface area contributed by atoms with Crippen molar-refractivity contribution in [1.82, 2.24) is 14.9 Å². The van der Waals surface area contributed by atoms with Crippen LogP contribution >= 0.6 is 23.4 Å². The van der Waals surface area contributed by atoms with E-state index < -0.39 is 0 Å². The summed E-state index contributed by atoms with van der Waals surface area (Å²) in [6.45, 7) is 9.24. The number of benzene rings is 1. The number of rotatable bonds is 8. The second-order valence-corrected chi connectivity index (χ2v) is 7.77. The summed E-state index contributed by atoms with van der Waals surface area (Å²) in [6.07, 6.45) is 3.48. The molecule has 0 atom stereocenters. The molecule has 0 saturated heterocycles. The van der Waals surface area contributed by atoms with Gasteiger partial charge in [-0.05, 0) is 31.4 Å². The minimum atomic E-state index is 0.507. The Morgan fingerprint density at radius 3 is 2.85 bits per heavy atom. The van der Waals surface area contributed by atoms with Crippen molar-refractivity contribution in [2.75, 3.05) is 19.3 Å². The Labute approximate surface area is 164 Å². The van der Waals surface area contributed by atoms with E-state index in [9.17, 15) is 0 Å². The molecule has 1 heterocycles. The third-order valence-corrected chi connectivity index (χ3v) is 5.10. The van der Waals surface area contributed by atoms with E-state index in [4.69, 9.17) is 16.3 Å². The molecule has 7 heteroatoms. The number of hydrogen-bond acceptors (Lipinski definition) is 5. The maximum atomic E-state index is 6.36. The molecule has 2 aromatic rings. The molecule has 140 valence electrons. The first-order chi connectivity index (χ1) is 12.4. The van der Waals surface area contributed by atoms with Gasteiger partial charge >= 0.3 is 0 Å². The van der Waals surface area contributed by atoms with Crippen LogP contribution in [-0.4, -0.2) is 40.6 Å². The molecule has 0 saturated carbocycles. The summed E-state index contributed by atoms with van der Waals surface area (Å²) >= 11 is 7.98. The van der Waals surface area contributed by atoms with Gasteiger partial charge in [0.05, 0.1) is 17.0 Å². The molecule has 0 unspecified atom stereocenters. The Bertz CT molecular complexity index is 767. The molecule has 0 bridgehead atoms. The fourth-order valence-electron chi connectivity index (χ4n) is 1.90. The van der Waals surface area contributed by atoms with Gasteiger partial charge in [0.15, 0.2) is 5.16 Å². The van der Waals surface area contributed by atoms with Gasteiger partial charge in [-0.15, -0.1) is 0 Å². The van der Waals surface area contributed by atoms with Gasteiger partial charge in [0.25, 0.3) is 0 Å². The van der Waals surface area contributed by atoms with Crippen LogP contribution in [-0.2, 0) is 0 Å². The molecule has 1 aromatic carbocycles. The van der Waals surface area contributed by atoms with Crippen LogP contribution in [0.1, 0.15) is 26.3 Å². The predicted octanol–water partition coefficient (Wildman–Crippen LogP) is 5.59. The molecule has 0 amide bonds. The van der Waals surface area contributed by atoms with E-state index in [2.05, 4.69) is 35.7 Å². The second kappa shape index (κ2) is 9.78. The van der Waals surface area contributed by atoms with E-state index >= 15 is 0 Å². The Morgan fingerprint density at radius 1 is 1.38 bits per heavy atom. The quantitative estimate of drug-likeness (QED) is 0.253. The van der Waals surface area contributed by atoms with E-state index in [1.807, 2.05) is 24.9 Å². The van der Waals surface area contributed by atoms with E-state index in [1.54, 1.807) is 36.4 Å². The van der Waals surface area contributed by atoms with Gasteiger partial charge < -0.3 is 9.64 Å². The van der Waals surface area contributed by atoms with Crippen molar-refractivity contribution in [1.29, 1.82) is 0 Å². The number of aryl methyl sites for hydroxylation is 1. The Hall–Kier alpha value is -1.79. The molecule has 2 rings (SSSR count). The summed E-state index contributed by atoms with van der Waals surface area (Å²) in [5, 5.41) is 1.25. The molecule has 0 radical (unpaired) electrons. The average molecular weight is 393 g/mol. The van der Waals surface area contributed by atoms with Crippen molar-refractivity contribution in [3.8, 4) is 11.6 Å². The lowest BCUT2D eigenvalue weighted by Gasteiger charge is -2.12. The number of hydrogen-bond donors (Lipinski definition) is 0. The number of nitrogens with zero attached hydrogens (tertiary/aromatic N) is 4. The lowest BCUT2D eigenvalue weighted by Crippen LogP contribution is -2.14. The van der Waals surface area contributed by atoms with Crippen molar-refractivity contribution in [3.63, 3.8) is 0 Å². The van der Waals surface area contributed by atoms with Crippen LogP contribution in [0.2, 0.25) is 5.02 Å². The van der Waals surface area contributed by atoms with Gasteiger partial charge in [-0.25, -0.2) is 9.98 Å². The summed E-state index contributed by atoms with van der Waals surface area (Å²) in [4.78, 5) is 15.1. The summed E-state index contributed by atoms with van der Waals surface area (Å²) in [5.74, 6) is 2.71. The largest absolute Gasteiger partial charge is 0.439 e. The number of aliphatic imine (C=N–C) groups is 1. The SMILES string of the molecule is CCN(C)C=Nc1cc(C)c(Oc2ccnc(SCC(C)C)n2)cc1Cl. The first kappa shape index (κ1) is 20.5. The molecular formula is C19H25ClN4OS. The highest BCUT2D eigenvalue weighted by molar-refractivity contribution is 7.99. The van der Waals surface area contributed by atoms with E-state index in [1.165, 1.54) is 0 Å². The van der Waals surface area contributed by atoms with Crippen molar-refractivity contribution >= 4 is 35.4 Å². The van der Waals surface area contributed by atoms with Crippen LogP contribution in [0.3, 0.4) is 0 Å². The molecule has 0 spiro atoms. The molecule has 26 heavy (non-hydrogen) atoms. The molecule has 0 fully saturated rings. The van der Waals surface area contributed by atoms with Crippen LogP contribution in [0.15, 0.2) is 34.5 Å². The average Bonchev–Trinajstić information content (AvgIpc) is 2.61. The van der Waals surface area contributed by atoms with Crippen LogP contribution in [0.25, 0.3) is 0 Å². The number of thioether (sulfide) groups is 1. The van der Waals surface area contributed by atoms with Crippen LogP contribution in [0.5, 0.6) is 11.6 Å². The van der Waals surface area contributed by atoms with Gasteiger partial charge in [0.1, 0.15) is 5.75 Å². The van der Waals surface area contributed by atoms with Gasteiger partial charge in [-0.3, -0.25) is 0 Å². The van der Waals surface area contributed by atoms with Crippen molar-refractivity contribution in [2.45, 2.75) is 32.9 Å². The van der Waals surface area contributed by atoms with Gasteiger partial charge in [-0.1, -0.05) is 37.2 Å². The molecule has 0 aliphatic heterocycles. The summed E-state index contributed by atoms with van der Waals surface area (Å²) in [6, 6.07) is 5.43. The van der Waals surface area contributed by atoms with Gasteiger partial charge in [0, 0.05) is 37.7 Å². The summed E-state index contributed by atoms with van der Waals surface area (Å²) in [7, 11) is 1.96. The van der Waals surface area contributed by atoms with E-state index in [0.29, 0.717) is 33.4 Å². The molecule has 1 aromatic heterocycles. The Morgan fingerprint density at radius 2 is 2.15 bits per heavy atom. The van der Waals surface area contributed by atoms with Gasteiger partial charge in [-0.2, -0.15) is 4.98 Å². The second-order valence-electron chi connectivity index (χ2n) is 6.37. The number of aromatic nitrogens is 2. The Kier molecular flexibility index (Phi) is 7.72. The van der Waals surface area contributed by atoms with Crippen molar-refractivity contribution in [3.05, 3.63) is 35.0 Å². The zero-order valence-electron chi connectivity index (χ0n) is 15.9. The highest BCUT2D eigenvalue weighted by Crippen LogP contribution is 2.34. The standard InChI is InChI=1S/C19H25ClN4OS/c1-6-24(5)12-22-16-9-14(4)17(10-15(16)20)25-18-7-8-21-19(23-18)26-11-13(2)3/h7-10,12-13H,6,11H2,1-5H3. The first-order valence-corrected chi connectivity index (χ1v) is 9.93. The van der Waals surface area contributed by atoms with E-state index in [0.717, 1.165) is 17.9 Å². The maximum absolute atomic E-state index is 6.36. The van der Waals surface area contributed by atoms with Crippen molar-refractivity contribution in [2.24, 2.45) is 10.9 Å². The zero-order chi connectivity index (χ0) is 19.1. The van der Waals surface area contributed by atoms with Crippen molar-refractivity contribution < 1.29 is 4.74 Å². The van der Waals surface area contributed by atoms with Crippen LogP contribution in [0.4, 0.5) is 5.69 Å². The summed E-state index contributed by atoms with van der Waals surface area (Å²) in [5.41, 5.74) is 1.66. The third kappa shape index (κ3) is 6.18. The molecule has 5 nitrogen and oxygen atoms in total. The first-order valence-electron chi connectivity index (χ1n) is 8.57. The van der Waals surface area contributed by atoms with Crippen LogP contribution in [0, 0.1) is 12.8 Å². The number of ether oxygens (including phenoxy) is 1. The number of halogens is 1. The maximum Gasteiger partial charge on any atom is 0.223 e. The highest BCUT2D eigenvalue weighted by Gasteiger charge is 2.09.